The van der Waals surface area contributed by atoms with Crippen molar-refractivity contribution in [2.75, 3.05) is 5.75 Å². The fourth-order valence-corrected chi connectivity index (χ4v) is 1.21. The van der Waals surface area contributed by atoms with Crippen LogP contribution in [0.4, 0.5) is 0 Å². The third-order valence-electron chi connectivity index (χ3n) is 0.669. The topological polar surface area (TPSA) is 43.4 Å². The summed E-state index contributed by atoms with van der Waals surface area (Å²) >= 11 is 0. The van der Waals surface area contributed by atoms with Crippen LogP contribution in [0.3, 0.4) is 0 Å². The largest absolute Gasteiger partial charge is 1.00 e. The Morgan fingerprint density at radius 2 is 2.20 bits per heavy atom. The Labute approximate surface area is 85.4 Å². The van der Waals surface area contributed by atoms with E-state index >= 15 is 0 Å². The molecule has 0 aliphatic rings. The maximum Gasteiger partial charge on any atom is 1.00 e. The molecule has 0 saturated heterocycles. The summed E-state index contributed by atoms with van der Waals surface area (Å²) in [5.74, 6) is 0.0546. The third kappa shape index (κ3) is 6.61. The Morgan fingerprint density at radius 3 is 2.50 bits per heavy atom. The van der Waals surface area contributed by atoms with E-state index in [0.717, 1.165) is 6.26 Å². The summed E-state index contributed by atoms with van der Waals surface area (Å²) in [6.07, 6.45) is 1.49. The maximum absolute atomic E-state index is 10.5. The van der Waals surface area contributed by atoms with Gasteiger partial charge in [-0.1, -0.05) is 13.5 Å². The van der Waals surface area contributed by atoms with Crippen LogP contribution in [0.1, 0.15) is 14.8 Å². The quantitative estimate of drug-likeness (QED) is 0.281. The second kappa shape index (κ2) is 6.22. The molecule has 0 saturated carbocycles. The zero-order valence-electron chi connectivity index (χ0n) is 7.33. The van der Waals surface area contributed by atoms with Crippen LogP contribution in [0.5, 0.6) is 0 Å². The Morgan fingerprint density at radius 1 is 1.70 bits per heavy atom. The molecule has 0 fully saturated rings. The van der Waals surface area contributed by atoms with Gasteiger partial charge in [0.1, 0.15) is 0 Å². The first-order chi connectivity index (χ1) is 4.12. The standard InChI is InChI=1S/C5H10O3S.Na.H/c1-3-5-9(6,7)8-4-2;;/h4H,2-3,5H2,1H3;;/q;+1;-1. The molecule has 0 N–H and O–H groups in total. The van der Waals surface area contributed by atoms with Crippen LogP contribution in [0.15, 0.2) is 12.8 Å². The molecule has 0 aromatic rings. The van der Waals surface area contributed by atoms with Gasteiger partial charge in [0.05, 0.1) is 12.0 Å². The molecule has 0 atom stereocenters. The predicted octanol–water partition coefficient (Wildman–Crippen LogP) is -2.00. The number of hydrogen-bond acceptors (Lipinski definition) is 3. The van der Waals surface area contributed by atoms with E-state index in [9.17, 15) is 8.42 Å². The number of rotatable bonds is 4. The average molecular weight is 174 g/mol. The molecule has 0 amide bonds. The molecule has 0 bridgehead atoms. The normalized spacial score (nSPS) is 9.70. The molecular weight excluding hydrogens is 163 g/mol. The average Bonchev–Trinajstić information content (AvgIpc) is 1.64. The zero-order chi connectivity index (χ0) is 7.33. The summed E-state index contributed by atoms with van der Waals surface area (Å²) in [6, 6.07) is 0. The van der Waals surface area contributed by atoms with Gasteiger partial charge in [0.25, 0.3) is 0 Å². The molecule has 0 radical (unpaired) electrons. The van der Waals surface area contributed by atoms with Crippen LogP contribution >= 0.6 is 0 Å². The van der Waals surface area contributed by atoms with Crippen molar-refractivity contribution in [3.8, 4) is 0 Å². The third-order valence-corrected chi connectivity index (χ3v) is 2.01. The molecule has 0 rings (SSSR count). The summed E-state index contributed by atoms with van der Waals surface area (Å²) in [6.45, 7) is 4.89. The first kappa shape index (κ1) is 13.1. The van der Waals surface area contributed by atoms with Crippen LogP contribution < -0.4 is 29.6 Å². The summed E-state index contributed by atoms with van der Waals surface area (Å²) in [7, 11) is -3.30. The monoisotopic (exact) mass is 174 g/mol. The van der Waals surface area contributed by atoms with Gasteiger partial charge >= 0.3 is 39.7 Å². The van der Waals surface area contributed by atoms with E-state index in [1.54, 1.807) is 6.92 Å². The van der Waals surface area contributed by atoms with Crippen LogP contribution in [-0.2, 0) is 14.3 Å². The van der Waals surface area contributed by atoms with Gasteiger partial charge in [-0.15, -0.1) is 0 Å². The summed E-state index contributed by atoms with van der Waals surface area (Å²) in [5, 5.41) is 0. The van der Waals surface area contributed by atoms with E-state index < -0.39 is 10.1 Å². The Hall–Kier alpha value is 0.490. The van der Waals surface area contributed by atoms with Crippen molar-refractivity contribution in [2.24, 2.45) is 0 Å². The zero-order valence-corrected chi connectivity index (χ0v) is 9.15. The van der Waals surface area contributed by atoms with Crippen molar-refractivity contribution >= 4 is 10.1 Å². The van der Waals surface area contributed by atoms with Gasteiger partial charge in [0.2, 0.25) is 0 Å². The molecule has 0 unspecified atom stereocenters. The van der Waals surface area contributed by atoms with Gasteiger partial charge in [0.15, 0.2) is 0 Å². The van der Waals surface area contributed by atoms with Crippen molar-refractivity contribution in [3.63, 3.8) is 0 Å². The summed E-state index contributed by atoms with van der Waals surface area (Å²) in [5.41, 5.74) is 0. The fraction of sp³-hybridized carbons (Fsp3) is 0.600. The van der Waals surface area contributed by atoms with Crippen molar-refractivity contribution in [1.29, 1.82) is 0 Å². The molecule has 10 heavy (non-hydrogen) atoms. The molecule has 0 heterocycles. The van der Waals surface area contributed by atoms with Gasteiger partial charge in [-0.05, 0) is 6.42 Å². The van der Waals surface area contributed by atoms with Gasteiger partial charge in [-0.25, -0.2) is 0 Å². The second-order valence-corrected chi connectivity index (χ2v) is 3.24. The molecular formula is C5H11NaO3S. The molecule has 0 aromatic heterocycles. The minimum Gasteiger partial charge on any atom is -1.00 e. The van der Waals surface area contributed by atoms with E-state index in [1.165, 1.54) is 0 Å². The Bertz CT molecular complexity index is 178. The van der Waals surface area contributed by atoms with E-state index in [2.05, 4.69) is 10.8 Å². The Kier molecular flexibility index (Phi) is 8.15. The van der Waals surface area contributed by atoms with Crippen molar-refractivity contribution in [1.82, 2.24) is 0 Å². The van der Waals surface area contributed by atoms with Crippen molar-refractivity contribution in [2.45, 2.75) is 13.3 Å². The van der Waals surface area contributed by atoms with Gasteiger partial charge in [-0.3, -0.25) is 0 Å². The molecule has 0 aliphatic carbocycles. The van der Waals surface area contributed by atoms with E-state index in [0.29, 0.717) is 6.42 Å². The first-order valence-electron chi connectivity index (χ1n) is 2.64. The van der Waals surface area contributed by atoms with Crippen LogP contribution in [0.2, 0.25) is 0 Å². The molecule has 0 aromatic carbocycles. The first-order valence-corrected chi connectivity index (χ1v) is 4.22. The molecule has 56 valence electrons. The minimum absolute atomic E-state index is 0. The van der Waals surface area contributed by atoms with Crippen LogP contribution in [-0.4, -0.2) is 14.2 Å². The van der Waals surface area contributed by atoms with Crippen LogP contribution in [0, 0.1) is 0 Å². The number of hydrogen-bond donors (Lipinski definition) is 0. The predicted molar refractivity (Wildman–Crippen MR) is 36.5 cm³/mol. The van der Waals surface area contributed by atoms with E-state index in [-0.39, 0.29) is 36.7 Å². The van der Waals surface area contributed by atoms with Gasteiger partial charge < -0.3 is 5.61 Å². The van der Waals surface area contributed by atoms with Gasteiger partial charge in [-0.2, -0.15) is 8.42 Å². The van der Waals surface area contributed by atoms with E-state index in [4.69, 9.17) is 0 Å². The fourth-order valence-electron chi connectivity index (χ4n) is 0.402. The smallest absolute Gasteiger partial charge is 1.00 e. The molecule has 5 heteroatoms. The maximum atomic E-state index is 10.5. The SMILES string of the molecule is C=COS(=O)(=O)CCC.[H-].[Na+]. The Balaban J connectivity index is -0.000000320. The second-order valence-electron chi connectivity index (χ2n) is 1.52. The van der Waals surface area contributed by atoms with Crippen LogP contribution in [0.25, 0.3) is 0 Å². The summed E-state index contributed by atoms with van der Waals surface area (Å²) < 4.78 is 25.3. The molecule has 0 aliphatic heterocycles. The van der Waals surface area contributed by atoms with E-state index in [1.807, 2.05) is 0 Å². The van der Waals surface area contributed by atoms with Gasteiger partial charge in [0, 0.05) is 0 Å². The molecule has 0 spiro atoms. The van der Waals surface area contributed by atoms with Crippen molar-refractivity contribution in [3.05, 3.63) is 12.8 Å². The minimum atomic E-state index is -3.30. The summed E-state index contributed by atoms with van der Waals surface area (Å²) in [4.78, 5) is 0. The molecule has 3 nitrogen and oxygen atoms in total. The van der Waals surface area contributed by atoms with Crippen molar-refractivity contribution < 1.29 is 43.6 Å².